The SMILES string of the molecule is COC(=O)C(CNS(=O)(=O)c1ccc(OCc2cc(C)nc3ccccc23)cc1)N1CCN(S(=O)(=O)CC(C)C)CC1. The molecular formula is C29H38N4O7S2. The van der Waals surface area contributed by atoms with Crippen molar-refractivity contribution in [3.63, 3.8) is 0 Å². The molecule has 1 atom stereocenters. The second-order valence-corrected chi connectivity index (χ2v) is 14.5. The number of nitrogens with one attached hydrogen (secondary N) is 1. The van der Waals surface area contributed by atoms with E-state index in [2.05, 4.69) is 9.71 Å². The minimum Gasteiger partial charge on any atom is -0.489 e. The Morgan fingerprint density at radius 1 is 1.00 bits per heavy atom. The predicted molar refractivity (Wildman–Crippen MR) is 160 cm³/mol. The van der Waals surface area contributed by atoms with Crippen LogP contribution in [0.25, 0.3) is 10.9 Å². The molecule has 0 spiro atoms. The van der Waals surface area contributed by atoms with Crippen molar-refractivity contribution < 1.29 is 31.1 Å². The molecule has 1 aliphatic heterocycles. The van der Waals surface area contributed by atoms with E-state index in [1.54, 1.807) is 17.0 Å². The first-order chi connectivity index (χ1) is 19.9. The molecule has 0 aliphatic carbocycles. The van der Waals surface area contributed by atoms with Crippen molar-refractivity contribution in [1.29, 1.82) is 0 Å². The van der Waals surface area contributed by atoms with Crippen molar-refractivity contribution in [2.75, 3.05) is 45.6 Å². The highest BCUT2D eigenvalue weighted by molar-refractivity contribution is 7.89. The molecule has 0 radical (unpaired) electrons. The Hall–Kier alpha value is -3.10. The first-order valence-electron chi connectivity index (χ1n) is 13.8. The maximum absolute atomic E-state index is 13.1. The molecule has 4 rings (SSSR count). The number of hydrogen-bond donors (Lipinski definition) is 1. The average molecular weight is 619 g/mol. The number of nitrogens with zero attached hydrogens (tertiary/aromatic N) is 3. The zero-order chi connectivity index (χ0) is 30.5. The van der Waals surface area contributed by atoms with Crippen molar-refractivity contribution in [2.24, 2.45) is 5.92 Å². The molecule has 1 aromatic heterocycles. The minimum absolute atomic E-state index is 0.00286. The lowest BCUT2D eigenvalue weighted by molar-refractivity contribution is -0.147. The van der Waals surface area contributed by atoms with E-state index in [-0.39, 0.29) is 49.3 Å². The summed E-state index contributed by atoms with van der Waals surface area (Å²) in [5, 5.41) is 0.991. The van der Waals surface area contributed by atoms with Gasteiger partial charge in [-0.05, 0) is 49.2 Å². The van der Waals surface area contributed by atoms with Gasteiger partial charge in [-0.1, -0.05) is 32.0 Å². The molecule has 42 heavy (non-hydrogen) atoms. The van der Waals surface area contributed by atoms with Gasteiger partial charge in [-0.2, -0.15) is 4.31 Å². The molecule has 1 unspecified atom stereocenters. The number of carbonyl (C=O) groups excluding carboxylic acids is 1. The number of fused-ring (bicyclic) bond motifs is 1. The van der Waals surface area contributed by atoms with Crippen LogP contribution in [0.1, 0.15) is 25.1 Å². The Balaban J connectivity index is 1.37. The van der Waals surface area contributed by atoms with Gasteiger partial charge in [0.25, 0.3) is 0 Å². The molecule has 1 saturated heterocycles. The fourth-order valence-corrected chi connectivity index (χ4v) is 7.79. The third-order valence-corrected chi connectivity index (χ3v) is 10.7. The minimum atomic E-state index is -3.96. The Labute approximate surface area is 247 Å². The second kappa shape index (κ2) is 13.5. The van der Waals surface area contributed by atoms with E-state index in [0.717, 1.165) is 22.2 Å². The Bertz CT molecular complexity index is 1600. The fraction of sp³-hybridized carbons (Fsp3) is 0.448. The van der Waals surface area contributed by atoms with E-state index in [0.29, 0.717) is 12.4 Å². The molecule has 228 valence electrons. The van der Waals surface area contributed by atoms with Crippen LogP contribution in [-0.2, 0) is 36.2 Å². The van der Waals surface area contributed by atoms with Gasteiger partial charge >= 0.3 is 5.97 Å². The third kappa shape index (κ3) is 7.84. The van der Waals surface area contributed by atoms with E-state index >= 15 is 0 Å². The number of sulfonamides is 2. The van der Waals surface area contributed by atoms with Gasteiger partial charge in [-0.15, -0.1) is 0 Å². The molecule has 2 aromatic carbocycles. The van der Waals surface area contributed by atoms with E-state index in [9.17, 15) is 21.6 Å². The number of esters is 1. The highest BCUT2D eigenvalue weighted by Crippen LogP contribution is 2.22. The highest BCUT2D eigenvalue weighted by atomic mass is 32.2. The summed E-state index contributed by atoms with van der Waals surface area (Å²) in [7, 11) is -6.12. The Morgan fingerprint density at radius 3 is 2.31 bits per heavy atom. The molecule has 1 N–H and O–H groups in total. The normalized spacial score (nSPS) is 16.0. The number of piperazine rings is 1. The van der Waals surface area contributed by atoms with Gasteiger partial charge in [0.05, 0.1) is 23.3 Å². The van der Waals surface area contributed by atoms with Crippen LogP contribution in [0.2, 0.25) is 0 Å². The standard InChI is InChI=1S/C29H38N4O7S2/c1-21(2)20-41(35,36)33-15-13-32(14-16-33)28(29(34)39-4)18-30-42(37,38)25-11-9-24(10-12-25)40-19-23-17-22(3)31-27-8-6-5-7-26(23)27/h5-12,17,21,28,30H,13-16,18-20H2,1-4H3. The summed E-state index contributed by atoms with van der Waals surface area (Å²) in [6.45, 7) is 6.66. The number of methoxy groups -OCH3 is 1. The molecule has 11 nitrogen and oxygen atoms in total. The summed E-state index contributed by atoms with van der Waals surface area (Å²) in [5.41, 5.74) is 2.73. The number of rotatable bonds is 12. The second-order valence-electron chi connectivity index (χ2n) is 10.7. The molecular weight excluding hydrogens is 580 g/mol. The van der Waals surface area contributed by atoms with Crippen molar-refractivity contribution in [2.45, 2.75) is 38.3 Å². The quantitative estimate of drug-likeness (QED) is 0.304. The first kappa shape index (κ1) is 31.8. The number of hydrogen-bond acceptors (Lipinski definition) is 9. The zero-order valence-corrected chi connectivity index (χ0v) is 25.9. The van der Waals surface area contributed by atoms with Crippen LogP contribution in [0.5, 0.6) is 5.75 Å². The zero-order valence-electron chi connectivity index (χ0n) is 24.3. The van der Waals surface area contributed by atoms with Gasteiger partial charge in [-0.3, -0.25) is 14.7 Å². The molecule has 0 amide bonds. The first-order valence-corrected chi connectivity index (χ1v) is 16.9. The summed E-state index contributed by atoms with van der Waals surface area (Å²) in [5.74, 6) is -0.0434. The average Bonchev–Trinajstić information content (AvgIpc) is 2.95. The third-order valence-electron chi connectivity index (χ3n) is 7.05. The van der Waals surface area contributed by atoms with Crippen LogP contribution in [0.3, 0.4) is 0 Å². The van der Waals surface area contributed by atoms with Gasteiger partial charge in [0.2, 0.25) is 20.0 Å². The number of benzene rings is 2. The molecule has 1 aliphatic rings. The van der Waals surface area contributed by atoms with Crippen LogP contribution in [-0.4, -0.2) is 88.6 Å². The van der Waals surface area contributed by atoms with E-state index < -0.39 is 32.1 Å². The van der Waals surface area contributed by atoms with Gasteiger partial charge in [0, 0.05) is 49.4 Å². The Kier molecular flexibility index (Phi) is 10.2. The van der Waals surface area contributed by atoms with Crippen molar-refractivity contribution in [1.82, 2.24) is 18.9 Å². The molecule has 0 saturated carbocycles. The summed E-state index contributed by atoms with van der Waals surface area (Å²) in [6, 6.07) is 14.9. The summed E-state index contributed by atoms with van der Waals surface area (Å²) < 4.78 is 66.1. The van der Waals surface area contributed by atoms with Crippen molar-refractivity contribution in [3.05, 3.63) is 65.9 Å². The fourth-order valence-electron chi connectivity index (χ4n) is 4.98. The van der Waals surface area contributed by atoms with Gasteiger partial charge < -0.3 is 9.47 Å². The maximum Gasteiger partial charge on any atom is 0.324 e. The molecule has 2 heterocycles. The summed E-state index contributed by atoms with van der Waals surface area (Å²) in [4.78, 5) is 18.9. The summed E-state index contributed by atoms with van der Waals surface area (Å²) in [6.07, 6.45) is 0. The maximum atomic E-state index is 13.1. The Morgan fingerprint density at radius 2 is 1.67 bits per heavy atom. The lowest BCUT2D eigenvalue weighted by Gasteiger charge is -2.37. The number of pyridine rings is 1. The van der Waals surface area contributed by atoms with E-state index in [1.807, 2.05) is 51.1 Å². The van der Waals surface area contributed by atoms with Gasteiger partial charge in [-0.25, -0.2) is 21.6 Å². The lowest BCUT2D eigenvalue weighted by atomic mass is 10.1. The van der Waals surface area contributed by atoms with Crippen LogP contribution < -0.4 is 9.46 Å². The molecule has 13 heteroatoms. The molecule has 1 fully saturated rings. The smallest absolute Gasteiger partial charge is 0.324 e. The van der Waals surface area contributed by atoms with Crippen molar-refractivity contribution in [3.8, 4) is 5.75 Å². The molecule has 0 bridgehead atoms. The monoisotopic (exact) mass is 618 g/mol. The van der Waals surface area contributed by atoms with Crippen LogP contribution in [0, 0.1) is 12.8 Å². The van der Waals surface area contributed by atoms with Crippen LogP contribution in [0.4, 0.5) is 0 Å². The number of para-hydroxylation sites is 1. The largest absolute Gasteiger partial charge is 0.489 e. The highest BCUT2D eigenvalue weighted by Gasteiger charge is 2.34. The van der Waals surface area contributed by atoms with E-state index in [4.69, 9.17) is 9.47 Å². The van der Waals surface area contributed by atoms with Gasteiger partial charge in [0.15, 0.2) is 0 Å². The predicted octanol–water partition coefficient (Wildman–Crippen LogP) is 2.55. The van der Waals surface area contributed by atoms with Crippen LogP contribution >= 0.6 is 0 Å². The van der Waals surface area contributed by atoms with Gasteiger partial charge in [0.1, 0.15) is 18.4 Å². The number of ether oxygens (including phenoxy) is 2. The van der Waals surface area contributed by atoms with Crippen LogP contribution in [0.15, 0.2) is 59.5 Å². The van der Waals surface area contributed by atoms with Crippen molar-refractivity contribution >= 4 is 36.9 Å². The lowest BCUT2D eigenvalue weighted by Crippen LogP contribution is -2.57. The van der Waals surface area contributed by atoms with E-state index in [1.165, 1.54) is 23.5 Å². The molecule has 3 aromatic rings. The number of carbonyl (C=O) groups is 1. The topological polar surface area (TPSA) is 135 Å². The summed E-state index contributed by atoms with van der Waals surface area (Å²) >= 11 is 0. The number of aryl methyl sites for hydroxylation is 1. The number of aromatic nitrogens is 1.